The van der Waals surface area contributed by atoms with Gasteiger partial charge < -0.3 is 9.80 Å². The minimum atomic E-state index is -0.485. The van der Waals surface area contributed by atoms with Crippen molar-refractivity contribution in [2.45, 2.75) is 38.5 Å². The molecule has 1 unspecified atom stereocenters. The van der Waals surface area contributed by atoms with Crippen LogP contribution in [0.15, 0.2) is 31.1 Å². The molecule has 2 fully saturated rings. The van der Waals surface area contributed by atoms with Gasteiger partial charge in [-0.3, -0.25) is 4.79 Å². The summed E-state index contributed by atoms with van der Waals surface area (Å²) >= 11 is 0. The molecule has 4 rings (SSSR count). The first kappa shape index (κ1) is 19.7. The third-order valence-electron chi connectivity index (χ3n) is 6.24. The number of anilines is 1. The van der Waals surface area contributed by atoms with Crippen molar-refractivity contribution in [3.05, 3.63) is 42.6 Å². The monoisotopic (exact) mass is 398 g/mol. The van der Waals surface area contributed by atoms with Crippen LogP contribution in [0, 0.1) is 17.8 Å². The Morgan fingerprint density at radius 2 is 1.66 bits per heavy atom. The first-order valence-corrected chi connectivity index (χ1v) is 10.4. The minimum absolute atomic E-state index is 0.156. The predicted octanol–water partition coefficient (Wildman–Crippen LogP) is 2.49. The molecular formula is C21H27FN6O. The molecule has 0 aromatic carbocycles. The van der Waals surface area contributed by atoms with Crippen molar-refractivity contribution < 1.29 is 9.18 Å². The molecule has 2 saturated heterocycles. The molecule has 0 aliphatic carbocycles. The smallest absolute Gasteiger partial charge is 0.255 e. The van der Waals surface area contributed by atoms with Crippen molar-refractivity contribution in [2.75, 3.05) is 31.1 Å². The fraction of sp³-hybridized carbons (Fsp3) is 0.571. The Balaban J connectivity index is 1.28. The summed E-state index contributed by atoms with van der Waals surface area (Å²) < 4.78 is 14.0. The number of likely N-dealkylation sites (tertiary alicyclic amines) is 1. The Labute approximate surface area is 170 Å². The second-order valence-electron chi connectivity index (χ2n) is 7.99. The number of carbonyl (C=O) groups is 1. The van der Waals surface area contributed by atoms with Crippen molar-refractivity contribution >= 4 is 11.7 Å². The number of nitrogens with zero attached hydrogens (tertiary/aromatic N) is 6. The van der Waals surface area contributed by atoms with Crippen LogP contribution < -0.4 is 4.90 Å². The largest absolute Gasteiger partial charge is 0.353 e. The van der Waals surface area contributed by atoms with Crippen LogP contribution in [0.25, 0.3) is 0 Å². The van der Waals surface area contributed by atoms with Gasteiger partial charge in [0.25, 0.3) is 5.95 Å². The van der Waals surface area contributed by atoms with Crippen LogP contribution in [-0.2, 0) is 11.2 Å². The molecule has 2 aromatic heterocycles. The Kier molecular flexibility index (Phi) is 6.27. The molecule has 29 heavy (non-hydrogen) atoms. The molecule has 0 saturated carbocycles. The van der Waals surface area contributed by atoms with Gasteiger partial charge in [-0.2, -0.15) is 4.39 Å². The van der Waals surface area contributed by atoms with Crippen molar-refractivity contribution in [1.29, 1.82) is 0 Å². The standard InChI is InChI=1S/C21H27FN6O/c22-20-21(26-7-6-25-20)28-8-1-2-17(5-11-28)18-3-9-27(10-4-18)19(29)12-16-13-23-15-24-14-16/h6-7,13-15,17-18H,1-5,8-12H2. The molecule has 1 amide bonds. The van der Waals surface area contributed by atoms with E-state index >= 15 is 0 Å². The highest BCUT2D eigenvalue weighted by Crippen LogP contribution is 2.33. The normalized spacial score (nSPS) is 21.1. The second-order valence-corrected chi connectivity index (χ2v) is 7.99. The SMILES string of the molecule is O=C(Cc1cncnc1)N1CCC(C2CCCN(c3nccnc3F)CC2)CC1. The molecule has 0 N–H and O–H groups in total. The van der Waals surface area contributed by atoms with Crippen LogP contribution in [0.4, 0.5) is 10.2 Å². The number of hydrogen-bond donors (Lipinski definition) is 0. The number of piperidine rings is 1. The number of amides is 1. The van der Waals surface area contributed by atoms with E-state index in [1.807, 2.05) is 9.80 Å². The molecule has 154 valence electrons. The molecule has 7 nitrogen and oxygen atoms in total. The van der Waals surface area contributed by atoms with Gasteiger partial charge in [-0.05, 0) is 49.5 Å². The van der Waals surface area contributed by atoms with Crippen molar-refractivity contribution in [1.82, 2.24) is 24.8 Å². The first-order chi connectivity index (χ1) is 14.2. The number of aromatic nitrogens is 4. The molecule has 0 spiro atoms. The van der Waals surface area contributed by atoms with E-state index in [0.29, 0.717) is 24.1 Å². The van der Waals surface area contributed by atoms with Gasteiger partial charge in [0.05, 0.1) is 6.42 Å². The number of hydrogen-bond acceptors (Lipinski definition) is 6. The van der Waals surface area contributed by atoms with E-state index in [1.54, 1.807) is 18.6 Å². The zero-order chi connectivity index (χ0) is 20.1. The molecule has 8 heteroatoms. The van der Waals surface area contributed by atoms with E-state index in [0.717, 1.165) is 63.8 Å². The second kappa shape index (κ2) is 9.24. The van der Waals surface area contributed by atoms with Crippen molar-refractivity contribution in [3.63, 3.8) is 0 Å². The van der Waals surface area contributed by atoms with E-state index < -0.39 is 5.95 Å². The Hall–Kier alpha value is -2.64. The first-order valence-electron chi connectivity index (χ1n) is 10.4. The van der Waals surface area contributed by atoms with Gasteiger partial charge >= 0.3 is 0 Å². The van der Waals surface area contributed by atoms with Gasteiger partial charge in [-0.1, -0.05) is 0 Å². The minimum Gasteiger partial charge on any atom is -0.353 e. The number of halogens is 1. The van der Waals surface area contributed by atoms with E-state index in [1.165, 1.54) is 12.5 Å². The van der Waals surface area contributed by atoms with Gasteiger partial charge in [0.2, 0.25) is 5.91 Å². The van der Waals surface area contributed by atoms with Crippen LogP contribution in [0.2, 0.25) is 0 Å². The zero-order valence-corrected chi connectivity index (χ0v) is 16.6. The van der Waals surface area contributed by atoms with Crippen LogP contribution in [0.5, 0.6) is 0 Å². The highest BCUT2D eigenvalue weighted by Gasteiger charge is 2.30. The summed E-state index contributed by atoms with van der Waals surface area (Å²) in [7, 11) is 0. The quantitative estimate of drug-likeness (QED) is 0.788. The van der Waals surface area contributed by atoms with Gasteiger partial charge in [0.1, 0.15) is 6.33 Å². The average molecular weight is 398 g/mol. The lowest BCUT2D eigenvalue weighted by molar-refractivity contribution is -0.132. The lowest BCUT2D eigenvalue weighted by Gasteiger charge is -2.36. The molecular weight excluding hydrogens is 371 g/mol. The maximum Gasteiger partial charge on any atom is 0.255 e. The van der Waals surface area contributed by atoms with Gasteiger partial charge in [-0.15, -0.1) is 0 Å². The molecule has 2 aliphatic rings. The van der Waals surface area contributed by atoms with Crippen molar-refractivity contribution in [3.8, 4) is 0 Å². The maximum absolute atomic E-state index is 14.0. The molecule has 1 atom stereocenters. The Bertz CT molecular complexity index is 812. The fourth-order valence-corrected chi connectivity index (χ4v) is 4.66. The third-order valence-corrected chi connectivity index (χ3v) is 6.24. The van der Waals surface area contributed by atoms with Crippen LogP contribution >= 0.6 is 0 Å². The summed E-state index contributed by atoms with van der Waals surface area (Å²) in [5.74, 6) is 1.30. The highest BCUT2D eigenvalue weighted by atomic mass is 19.1. The van der Waals surface area contributed by atoms with Gasteiger partial charge in [0, 0.05) is 51.0 Å². The lowest BCUT2D eigenvalue weighted by Crippen LogP contribution is -2.41. The molecule has 2 aliphatic heterocycles. The molecule has 2 aromatic rings. The topological polar surface area (TPSA) is 75.1 Å². The van der Waals surface area contributed by atoms with Crippen LogP contribution in [0.1, 0.15) is 37.7 Å². The number of rotatable bonds is 4. The Morgan fingerprint density at radius 3 is 2.41 bits per heavy atom. The number of carbonyl (C=O) groups excluding carboxylic acids is 1. The summed E-state index contributed by atoms with van der Waals surface area (Å²) in [5, 5.41) is 0. The van der Waals surface area contributed by atoms with Gasteiger partial charge in [-0.25, -0.2) is 19.9 Å². The lowest BCUT2D eigenvalue weighted by atomic mass is 9.80. The maximum atomic E-state index is 14.0. The molecule has 0 radical (unpaired) electrons. The van der Waals surface area contributed by atoms with Crippen molar-refractivity contribution in [2.24, 2.45) is 11.8 Å². The summed E-state index contributed by atoms with van der Waals surface area (Å²) in [5.41, 5.74) is 0.861. The summed E-state index contributed by atoms with van der Waals surface area (Å²) in [4.78, 5) is 32.4. The summed E-state index contributed by atoms with van der Waals surface area (Å²) in [6, 6.07) is 0. The average Bonchev–Trinajstić information content (AvgIpc) is 3.01. The van der Waals surface area contributed by atoms with E-state index in [4.69, 9.17) is 0 Å². The zero-order valence-electron chi connectivity index (χ0n) is 16.6. The molecule has 4 heterocycles. The van der Waals surface area contributed by atoms with Crippen LogP contribution in [-0.4, -0.2) is 56.9 Å². The van der Waals surface area contributed by atoms with E-state index in [9.17, 15) is 9.18 Å². The predicted molar refractivity (Wildman–Crippen MR) is 107 cm³/mol. The third kappa shape index (κ3) is 4.86. The van der Waals surface area contributed by atoms with E-state index in [2.05, 4.69) is 19.9 Å². The fourth-order valence-electron chi connectivity index (χ4n) is 4.66. The highest BCUT2D eigenvalue weighted by molar-refractivity contribution is 5.78. The molecule has 0 bridgehead atoms. The summed E-state index contributed by atoms with van der Waals surface area (Å²) in [6.45, 7) is 3.27. The summed E-state index contributed by atoms with van der Waals surface area (Å²) in [6.07, 6.45) is 13.5. The van der Waals surface area contributed by atoms with Gasteiger partial charge in [0.15, 0.2) is 5.82 Å². The van der Waals surface area contributed by atoms with Crippen LogP contribution in [0.3, 0.4) is 0 Å². The Morgan fingerprint density at radius 1 is 0.966 bits per heavy atom. The van der Waals surface area contributed by atoms with E-state index in [-0.39, 0.29) is 5.91 Å².